The molecule has 2 rings (SSSR count). The molecule has 2 heterocycles. The highest BCUT2D eigenvalue weighted by molar-refractivity contribution is 7.99. The first kappa shape index (κ1) is 64.4. The third-order valence-electron chi connectivity index (χ3n) is 9.68. The minimum Gasteiger partial charge on any atom is -0.356 e. The first-order valence-corrected chi connectivity index (χ1v) is 31.3. The zero-order chi connectivity index (χ0) is 52.5. The van der Waals surface area contributed by atoms with Crippen molar-refractivity contribution in [1.29, 1.82) is 0 Å². The smallest absolute Gasteiger partial charge is 0.356 e. The number of hydrogen-bond donors (Lipinski definition) is 7. The predicted octanol–water partition coefficient (Wildman–Crippen LogP) is 1.39. The Balaban J connectivity index is 2.51. The van der Waals surface area contributed by atoms with E-state index >= 15 is 0 Å². The van der Waals surface area contributed by atoms with Crippen LogP contribution in [0.1, 0.15) is 110 Å². The van der Waals surface area contributed by atoms with Crippen molar-refractivity contribution in [2.45, 2.75) is 170 Å². The summed E-state index contributed by atoms with van der Waals surface area (Å²) in [7, 11) is -41.1. The molecule has 412 valence electrons. The molecule has 69 heavy (non-hydrogen) atoms. The fourth-order valence-corrected chi connectivity index (χ4v) is 11.4. The van der Waals surface area contributed by atoms with Crippen molar-refractivity contribution in [3.8, 4) is 0 Å². The van der Waals surface area contributed by atoms with Crippen LogP contribution in [0, 0.1) is 0 Å². The van der Waals surface area contributed by atoms with Gasteiger partial charge in [0, 0.05) is 0 Å². The molecule has 0 aromatic carbocycles. The average molecular weight is 1170 g/mol. The van der Waals surface area contributed by atoms with E-state index in [0.29, 0.717) is 31.0 Å². The molecule has 2 fully saturated rings. The molecule has 7 N–H and O–H groups in total. The van der Waals surface area contributed by atoms with E-state index in [-0.39, 0.29) is 5.75 Å². The summed E-state index contributed by atoms with van der Waals surface area (Å²) in [6, 6.07) is 0. The average Bonchev–Trinajstić information content (AvgIpc) is 3.15. The third-order valence-corrected chi connectivity index (χ3v) is 14.1. The molecule has 0 spiro atoms. The largest absolute Gasteiger partial charge is 0.397 e. The van der Waals surface area contributed by atoms with Gasteiger partial charge >= 0.3 is 72.8 Å². The summed E-state index contributed by atoms with van der Waals surface area (Å²) >= 11 is 0.598. The molecule has 2 aliphatic heterocycles. The van der Waals surface area contributed by atoms with Gasteiger partial charge in [-0.25, -0.2) is 29.3 Å². The summed E-state index contributed by atoms with van der Waals surface area (Å²) in [6.45, 7) is -1.22. The first-order valence-electron chi connectivity index (χ1n) is 20.7. The maximum absolute atomic E-state index is 12.3. The van der Waals surface area contributed by atoms with E-state index in [9.17, 15) is 86.2 Å². The number of ether oxygens (including phenoxy) is 3. The molecule has 0 aromatic rings. The molecule has 0 unspecified atom stereocenters. The van der Waals surface area contributed by atoms with Crippen LogP contribution in [0.5, 0.6) is 0 Å². The van der Waals surface area contributed by atoms with Crippen LogP contribution >= 0.6 is 11.8 Å². The topological polar surface area (TPSA) is 473 Å². The molecule has 2 saturated heterocycles. The van der Waals surface area contributed by atoms with Crippen LogP contribution in [-0.4, -0.2) is 170 Å². The highest BCUT2D eigenvalue weighted by Gasteiger charge is 2.58. The van der Waals surface area contributed by atoms with Crippen LogP contribution in [0.4, 0.5) is 0 Å². The number of rotatable bonds is 36. The van der Waals surface area contributed by atoms with Gasteiger partial charge in [0.25, 0.3) is 0 Å². The zero-order valence-corrected chi connectivity index (χ0v) is 42.9. The van der Waals surface area contributed by atoms with E-state index in [2.05, 4.69) is 36.2 Å². The van der Waals surface area contributed by atoms with Gasteiger partial charge < -0.3 is 14.2 Å². The van der Waals surface area contributed by atoms with E-state index in [4.69, 9.17) is 18.8 Å². The third kappa shape index (κ3) is 29.1. The Kier molecular flexibility index (Phi) is 26.9. The molecule has 31 nitrogen and oxygen atoms in total. The zero-order valence-electron chi connectivity index (χ0n) is 36.4. The molecule has 0 radical (unpaired) electrons. The van der Waals surface area contributed by atoms with Crippen LogP contribution < -0.4 is 0 Å². The molecule has 39 heteroatoms. The lowest BCUT2D eigenvalue weighted by Crippen LogP contribution is -2.67. The molecular weight excluding hydrogens is 1110 g/mol. The summed E-state index contributed by atoms with van der Waals surface area (Å²) in [4.78, 5) is 0. The van der Waals surface area contributed by atoms with E-state index in [1.54, 1.807) is 0 Å². The molecule has 2 aliphatic rings. The quantitative estimate of drug-likeness (QED) is 0.0344. The molecule has 0 amide bonds. The van der Waals surface area contributed by atoms with Crippen LogP contribution in [0.2, 0.25) is 0 Å². The number of thioether (sulfide) groups is 1. The summed E-state index contributed by atoms with van der Waals surface area (Å²) in [6.07, 6.45) is -9.73. The van der Waals surface area contributed by atoms with E-state index in [1.165, 1.54) is 44.9 Å². The Morgan fingerprint density at radius 2 is 0.696 bits per heavy atom. The minimum absolute atomic E-state index is 0.0142. The minimum atomic E-state index is -6.09. The van der Waals surface area contributed by atoms with Gasteiger partial charge in [-0.05, 0) is 12.2 Å². The lowest BCUT2D eigenvalue weighted by Gasteiger charge is -2.48. The maximum atomic E-state index is 12.3. The van der Waals surface area contributed by atoms with Gasteiger partial charge in [-0.1, -0.05) is 103 Å². The van der Waals surface area contributed by atoms with Crippen molar-refractivity contribution in [2.24, 2.45) is 0 Å². The summed E-state index contributed by atoms with van der Waals surface area (Å²) in [5.41, 5.74) is -1.96. The van der Waals surface area contributed by atoms with Crippen molar-refractivity contribution in [2.75, 3.05) is 19.0 Å². The highest BCUT2D eigenvalue weighted by Crippen LogP contribution is 2.39. The molecule has 0 bridgehead atoms. The van der Waals surface area contributed by atoms with Gasteiger partial charge in [0.05, 0.1) is 13.2 Å². The molecule has 10 atom stereocenters. The number of hydrogen-bond acceptors (Lipinski definition) is 25. The van der Waals surface area contributed by atoms with Crippen molar-refractivity contribution >= 4 is 84.6 Å². The highest BCUT2D eigenvalue weighted by atomic mass is 32.3. The van der Waals surface area contributed by atoms with E-state index in [0.717, 1.165) is 38.5 Å². The van der Waals surface area contributed by atoms with Crippen molar-refractivity contribution in [3.63, 3.8) is 0 Å². The maximum Gasteiger partial charge on any atom is 0.397 e. The molecule has 0 aliphatic carbocycles. The van der Waals surface area contributed by atoms with Gasteiger partial charge in [0.1, 0.15) is 48.2 Å². The van der Waals surface area contributed by atoms with Crippen LogP contribution in [0.15, 0.2) is 0 Å². The normalized spacial score (nSPS) is 26.8. The fourth-order valence-electron chi connectivity index (χ4n) is 6.99. The monoisotopic (exact) mass is 1170 g/mol. The van der Waals surface area contributed by atoms with Crippen molar-refractivity contribution in [1.82, 2.24) is 0 Å². The van der Waals surface area contributed by atoms with Crippen LogP contribution in [0.3, 0.4) is 0 Å². The van der Waals surface area contributed by atoms with E-state index in [1.807, 2.05) is 0 Å². The van der Waals surface area contributed by atoms with Gasteiger partial charge in [0.2, 0.25) is 0 Å². The van der Waals surface area contributed by atoms with Gasteiger partial charge in [-0.2, -0.15) is 58.9 Å². The Labute approximate surface area is 405 Å². The molecule has 0 saturated carbocycles. The second kappa shape index (κ2) is 28.8. The predicted molar refractivity (Wildman–Crippen MR) is 231 cm³/mol. The summed E-state index contributed by atoms with van der Waals surface area (Å²) in [5, 5.41) is 0. The first-order chi connectivity index (χ1) is 31.6. The van der Waals surface area contributed by atoms with Gasteiger partial charge in [-0.3, -0.25) is 31.9 Å². The Hall–Kier alpha value is -0.680. The Morgan fingerprint density at radius 3 is 1.07 bits per heavy atom. The Bertz CT molecular complexity index is 2350. The molecule has 0 aromatic heterocycles. The lowest BCUT2D eigenvalue weighted by molar-refractivity contribution is -0.325. The summed E-state index contributed by atoms with van der Waals surface area (Å²) < 4.78 is 280. The van der Waals surface area contributed by atoms with Crippen molar-refractivity contribution in [3.05, 3.63) is 0 Å². The standard InChI is InChI=1S/C30H58O31S8/c1-2-3-4-5-6-7-8-9-10-11-12-13-14-15-16-17-18-62-30-28(61-69(49,50)51)25(58-66(40,41)42)23(21(55-30)19-52-63(31,32)33)56-29-27(60-68(46,47)48)26(59-67(43,44)45)24(57-65(37,38)39)22(54-29)20-53-64(34,35)36/h21-30H,2-20H2,1H3,(H,31,32,33)(H,34,35,36)(H,37,38,39)(H,40,41,42)(H,43,44,45)(H,46,47,48)(H,49,50,51)/t21-,22-,23-,24+,25+,26+,27-,28-,29+,30+/m1/s1. The Morgan fingerprint density at radius 1 is 0.377 bits per heavy atom. The number of unbranched alkanes of at least 4 members (excludes halogenated alkanes) is 15. The SMILES string of the molecule is CCCCCCCCCCCCCCCCCCS[C@@H]1O[C@H](COS(=O)(=O)O)[C@@H](O[C@@H]2O[C@H](COS(=O)(=O)O)[C@H](OS(=O)(=O)O)[C@H](OS(=O)(=O)O)[C@H]2OS(=O)(=O)O)[C@H](OS(=O)(=O)O)[C@H]1OS(=O)(=O)O. The van der Waals surface area contributed by atoms with E-state index < -0.39 is 147 Å². The lowest BCUT2D eigenvalue weighted by atomic mass is 9.97. The second-order valence-corrected chi connectivity index (χ2v) is 23.9. The second-order valence-electron chi connectivity index (χ2n) is 15.2. The van der Waals surface area contributed by atoms with Crippen LogP contribution in [-0.2, 0) is 116 Å². The van der Waals surface area contributed by atoms with Gasteiger partial charge in [0.15, 0.2) is 12.4 Å². The van der Waals surface area contributed by atoms with Crippen LogP contribution in [0.25, 0.3) is 0 Å². The van der Waals surface area contributed by atoms with Gasteiger partial charge in [-0.15, -0.1) is 11.8 Å². The fraction of sp³-hybridized carbons (Fsp3) is 1.00. The summed E-state index contributed by atoms with van der Waals surface area (Å²) in [5.74, 6) is -0.0142. The molecular formula is C30H58O31S8. The van der Waals surface area contributed by atoms with Crippen molar-refractivity contribution < 1.29 is 134 Å².